The predicted molar refractivity (Wildman–Crippen MR) is 75.7 cm³/mol. The first-order valence-electron chi connectivity index (χ1n) is 7.10. The fourth-order valence-corrected chi connectivity index (χ4v) is 2.35. The number of alkyl halides is 3. The third kappa shape index (κ3) is 5.22. The lowest BCUT2D eigenvalue weighted by atomic mass is 10.2. The van der Waals surface area contributed by atoms with Crippen molar-refractivity contribution in [3.05, 3.63) is 29.8 Å². The number of piperazine rings is 1. The molecule has 2 rings (SSSR count). The summed E-state index contributed by atoms with van der Waals surface area (Å²) in [5, 5.41) is 0. The number of rotatable bonds is 4. The first-order valence-corrected chi connectivity index (χ1v) is 7.10. The molecule has 0 bridgehead atoms. The van der Waals surface area contributed by atoms with Crippen LogP contribution in [-0.2, 0) is 4.79 Å². The Kier molecular flexibility index (Phi) is 5.28. The highest BCUT2D eigenvalue weighted by atomic mass is 19.4. The second-order valence-corrected chi connectivity index (χ2v) is 5.38. The van der Waals surface area contributed by atoms with Crippen LogP contribution in [0.1, 0.15) is 5.56 Å². The van der Waals surface area contributed by atoms with Crippen molar-refractivity contribution in [1.29, 1.82) is 0 Å². The predicted octanol–water partition coefficient (Wildman–Crippen LogP) is 2.08. The van der Waals surface area contributed by atoms with Crippen LogP contribution in [0.3, 0.4) is 0 Å². The highest BCUT2D eigenvalue weighted by Gasteiger charge is 2.32. The maximum absolute atomic E-state index is 12.3. The molecule has 0 N–H and O–H groups in total. The lowest BCUT2D eigenvalue weighted by molar-refractivity contribution is -0.152. The zero-order valence-electron chi connectivity index (χ0n) is 12.4. The van der Waals surface area contributed by atoms with Gasteiger partial charge in [-0.05, 0) is 24.6 Å². The summed E-state index contributed by atoms with van der Waals surface area (Å²) in [4.78, 5) is 14.9. The van der Waals surface area contributed by atoms with Gasteiger partial charge in [-0.25, -0.2) is 0 Å². The molecular weight excluding hydrogens is 297 g/mol. The van der Waals surface area contributed by atoms with E-state index in [4.69, 9.17) is 4.74 Å². The average Bonchev–Trinajstić information content (AvgIpc) is 2.44. The quantitative estimate of drug-likeness (QED) is 0.853. The number of carbonyl (C=O) groups is 1. The molecule has 0 spiro atoms. The third-order valence-corrected chi connectivity index (χ3v) is 3.48. The van der Waals surface area contributed by atoms with Gasteiger partial charge >= 0.3 is 6.18 Å². The second kappa shape index (κ2) is 7.00. The number of halogens is 3. The molecular formula is C15H19F3N2O2. The van der Waals surface area contributed by atoms with Gasteiger partial charge in [-0.2, -0.15) is 13.2 Å². The second-order valence-electron chi connectivity index (χ2n) is 5.38. The van der Waals surface area contributed by atoms with Gasteiger partial charge in [-0.3, -0.25) is 9.69 Å². The van der Waals surface area contributed by atoms with Crippen LogP contribution in [0.15, 0.2) is 24.3 Å². The number of benzene rings is 1. The Bertz CT molecular complexity index is 512. The van der Waals surface area contributed by atoms with E-state index >= 15 is 0 Å². The monoisotopic (exact) mass is 316 g/mol. The Balaban J connectivity index is 1.75. The van der Waals surface area contributed by atoms with E-state index in [1.54, 1.807) is 11.0 Å². The fourth-order valence-electron chi connectivity index (χ4n) is 2.35. The standard InChI is InChI=1S/C15H19F3N2O2/c1-12-3-2-4-13(9-12)22-10-14(21)20-7-5-19(6-8-20)11-15(16,17)18/h2-4,9H,5-8,10-11H2,1H3. The topological polar surface area (TPSA) is 32.8 Å². The van der Waals surface area contributed by atoms with Crippen molar-refractivity contribution >= 4 is 5.91 Å². The zero-order chi connectivity index (χ0) is 16.2. The van der Waals surface area contributed by atoms with Crippen molar-refractivity contribution in [2.75, 3.05) is 39.3 Å². The summed E-state index contributed by atoms with van der Waals surface area (Å²) in [6.45, 7) is 1.97. The van der Waals surface area contributed by atoms with E-state index in [0.717, 1.165) is 5.56 Å². The fraction of sp³-hybridized carbons (Fsp3) is 0.533. The van der Waals surface area contributed by atoms with Gasteiger partial charge in [0.1, 0.15) is 5.75 Å². The molecule has 1 fully saturated rings. The highest BCUT2D eigenvalue weighted by Crippen LogP contribution is 2.17. The summed E-state index contributed by atoms with van der Waals surface area (Å²) >= 11 is 0. The molecule has 0 saturated carbocycles. The van der Waals surface area contributed by atoms with Gasteiger partial charge in [-0.15, -0.1) is 0 Å². The van der Waals surface area contributed by atoms with Crippen LogP contribution in [0.4, 0.5) is 13.2 Å². The number of nitrogens with zero attached hydrogens (tertiary/aromatic N) is 2. The van der Waals surface area contributed by atoms with Crippen LogP contribution in [0.5, 0.6) is 5.75 Å². The van der Waals surface area contributed by atoms with Crippen LogP contribution in [0, 0.1) is 6.92 Å². The lowest BCUT2D eigenvalue weighted by Gasteiger charge is -2.34. The summed E-state index contributed by atoms with van der Waals surface area (Å²) in [6.07, 6.45) is -4.19. The molecule has 22 heavy (non-hydrogen) atoms. The van der Waals surface area contributed by atoms with Crippen molar-refractivity contribution in [1.82, 2.24) is 9.80 Å². The van der Waals surface area contributed by atoms with E-state index in [1.165, 1.54) is 4.90 Å². The van der Waals surface area contributed by atoms with Crippen LogP contribution in [0.2, 0.25) is 0 Å². The summed E-state index contributed by atoms with van der Waals surface area (Å²) in [5.74, 6) is 0.414. The Morgan fingerprint density at radius 3 is 2.50 bits per heavy atom. The van der Waals surface area contributed by atoms with E-state index in [2.05, 4.69) is 0 Å². The summed E-state index contributed by atoms with van der Waals surface area (Å²) in [5.41, 5.74) is 1.03. The van der Waals surface area contributed by atoms with Crippen molar-refractivity contribution < 1.29 is 22.7 Å². The Morgan fingerprint density at radius 1 is 1.23 bits per heavy atom. The molecule has 122 valence electrons. The molecule has 1 amide bonds. The Labute approximate surface area is 127 Å². The van der Waals surface area contributed by atoms with E-state index in [-0.39, 0.29) is 25.6 Å². The van der Waals surface area contributed by atoms with Gasteiger partial charge in [-0.1, -0.05) is 12.1 Å². The number of amides is 1. The van der Waals surface area contributed by atoms with E-state index in [9.17, 15) is 18.0 Å². The van der Waals surface area contributed by atoms with Crippen LogP contribution < -0.4 is 4.74 Å². The molecule has 0 atom stereocenters. The molecule has 1 aliphatic rings. The first-order chi connectivity index (χ1) is 10.3. The Morgan fingerprint density at radius 2 is 1.91 bits per heavy atom. The minimum atomic E-state index is -4.19. The van der Waals surface area contributed by atoms with E-state index in [1.807, 2.05) is 25.1 Å². The van der Waals surface area contributed by atoms with Gasteiger partial charge in [0.25, 0.3) is 5.91 Å². The molecule has 0 aromatic heterocycles. The maximum atomic E-state index is 12.3. The average molecular weight is 316 g/mol. The molecule has 7 heteroatoms. The van der Waals surface area contributed by atoms with Crippen molar-refractivity contribution in [2.24, 2.45) is 0 Å². The molecule has 0 radical (unpaired) electrons. The molecule has 1 saturated heterocycles. The number of ether oxygens (including phenoxy) is 1. The zero-order valence-corrected chi connectivity index (χ0v) is 12.4. The number of hydrogen-bond acceptors (Lipinski definition) is 3. The van der Waals surface area contributed by atoms with Crippen molar-refractivity contribution in [3.63, 3.8) is 0 Å². The maximum Gasteiger partial charge on any atom is 0.401 e. The van der Waals surface area contributed by atoms with E-state index in [0.29, 0.717) is 18.8 Å². The molecule has 1 heterocycles. The van der Waals surface area contributed by atoms with Gasteiger partial charge < -0.3 is 9.64 Å². The smallest absolute Gasteiger partial charge is 0.401 e. The SMILES string of the molecule is Cc1cccc(OCC(=O)N2CCN(CC(F)(F)F)CC2)c1. The van der Waals surface area contributed by atoms with Gasteiger partial charge in [0.15, 0.2) is 6.61 Å². The minimum Gasteiger partial charge on any atom is -0.484 e. The highest BCUT2D eigenvalue weighted by molar-refractivity contribution is 5.77. The van der Waals surface area contributed by atoms with Gasteiger partial charge in [0, 0.05) is 26.2 Å². The molecule has 0 aliphatic carbocycles. The normalized spacial score (nSPS) is 16.6. The van der Waals surface area contributed by atoms with E-state index < -0.39 is 12.7 Å². The van der Waals surface area contributed by atoms with Crippen LogP contribution in [-0.4, -0.2) is 61.2 Å². The summed E-state index contributed by atoms with van der Waals surface area (Å²) in [7, 11) is 0. The lowest BCUT2D eigenvalue weighted by Crippen LogP contribution is -2.51. The largest absolute Gasteiger partial charge is 0.484 e. The molecule has 1 aromatic rings. The number of carbonyl (C=O) groups excluding carboxylic acids is 1. The van der Waals surface area contributed by atoms with Crippen molar-refractivity contribution in [3.8, 4) is 5.75 Å². The number of aryl methyl sites for hydroxylation is 1. The van der Waals surface area contributed by atoms with Gasteiger partial charge in [0.2, 0.25) is 0 Å². The summed E-state index contributed by atoms with van der Waals surface area (Å²) in [6, 6.07) is 7.36. The molecule has 0 unspecified atom stereocenters. The van der Waals surface area contributed by atoms with Crippen LogP contribution >= 0.6 is 0 Å². The van der Waals surface area contributed by atoms with Crippen LogP contribution in [0.25, 0.3) is 0 Å². The molecule has 1 aromatic carbocycles. The minimum absolute atomic E-state index is 0.0945. The number of hydrogen-bond donors (Lipinski definition) is 0. The van der Waals surface area contributed by atoms with Crippen molar-refractivity contribution in [2.45, 2.75) is 13.1 Å². The molecule has 1 aliphatic heterocycles. The summed E-state index contributed by atoms with van der Waals surface area (Å²) < 4.78 is 42.3. The van der Waals surface area contributed by atoms with Gasteiger partial charge in [0.05, 0.1) is 6.54 Å². The Hall–Kier alpha value is -1.76. The first kappa shape index (κ1) is 16.6. The third-order valence-electron chi connectivity index (χ3n) is 3.48. The molecule has 4 nitrogen and oxygen atoms in total.